The van der Waals surface area contributed by atoms with Crippen LogP contribution in [0.25, 0.3) is 0 Å². The van der Waals surface area contributed by atoms with Crippen LogP contribution < -0.4 is 14.8 Å². The summed E-state index contributed by atoms with van der Waals surface area (Å²) < 4.78 is 10.3. The van der Waals surface area contributed by atoms with E-state index in [1.807, 2.05) is 13.8 Å². The SMILES string of the molecule is COc1cc(OC)cc(C(=O)Nc2sc(C)c(C)c2C#N)c1. The molecule has 0 aliphatic carbocycles. The molecule has 1 N–H and O–H groups in total. The van der Waals surface area contributed by atoms with Gasteiger partial charge in [0.05, 0.1) is 19.8 Å². The second-order valence-electron chi connectivity index (χ2n) is 4.65. The Morgan fingerprint density at radius 2 is 1.77 bits per heavy atom. The lowest BCUT2D eigenvalue weighted by Gasteiger charge is -2.08. The van der Waals surface area contributed by atoms with Crippen LogP contribution in [-0.4, -0.2) is 20.1 Å². The highest BCUT2D eigenvalue weighted by Gasteiger charge is 2.16. The van der Waals surface area contributed by atoms with E-state index in [1.54, 1.807) is 18.2 Å². The molecule has 0 saturated heterocycles. The van der Waals surface area contributed by atoms with Gasteiger partial charge in [-0.1, -0.05) is 0 Å². The Morgan fingerprint density at radius 1 is 1.18 bits per heavy atom. The molecule has 2 aromatic rings. The number of ether oxygens (including phenoxy) is 2. The Morgan fingerprint density at radius 3 is 2.27 bits per heavy atom. The largest absolute Gasteiger partial charge is 0.497 e. The van der Waals surface area contributed by atoms with Gasteiger partial charge in [-0.3, -0.25) is 4.79 Å². The van der Waals surface area contributed by atoms with Gasteiger partial charge in [0.2, 0.25) is 0 Å². The molecule has 1 aromatic carbocycles. The van der Waals surface area contributed by atoms with Gasteiger partial charge in [-0.05, 0) is 31.5 Å². The van der Waals surface area contributed by atoms with Crippen LogP contribution in [0.1, 0.15) is 26.4 Å². The van der Waals surface area contributed by atoms with Gasteiger partial charge in [0.25, 0.3) is 5.91 Å². The number of rotatable bonds is 4. The van der Waals surface area contributed by atoms with Crippen molar-refractivity contribution in [3.05, 3.63) is 39.8 Å². The van der Waals surface area contributed by atoms with Crippen LogP contribution in [0.5, 0.6) is 11.5 Å². The summed E-state index contributed by atoms with van der Waals surface area (Å²) in [5.41, 5.74) is 1.81. The number of methoxy groups -OCH3 is 2. The summed E-state index contributed by atoms with van der Waals surface area (Å²) in [6, 6.07) is 7.07. The van der Waals surface area contributed by atoms with Crippen molar-refractivity contribution < 1.29 is 14.3 Å². The number of thiophene rings is 1. The standard InChI is InChI=1S/C16H16N2O3S/c1-9-10(2)22-16(14(9)8-17)18-15(19)11-5-12(20-3)7-13(6-11)21-4/h5-7H,1-4H3,(H,18,19). The van der Waals surface area contributed by atoms with Crippen molar-refractivity contribution in [1.29, 1.82) is 5.26 Å². The summed E-state index contributed by atoms with van der Waals surface area (Å²) in [4.78, 5) is 13.4. The number of hydrogen-bond acceptors (Lipinski definition) is 5. The number of hydrogen-bond donors (Lipinski definition) is 1. The first-order chi connectivity index (χ1) is 10.5. The smallest absolute Gasteiger partial charge is 0.256 e. The molecular weight excluding hydrogens is 300 g/mol. The third kappa shape index (κ3) is 3.05. The number of amides is 1. The minimum atomic E-state index is -0.310. The van der Waals surface area contributed by atoms with Crippen LogP contribution in [0.3, 0.4) is 0 Å². The van der Waals surface area contributed by atoms with E-state index in [0.717, 1.165) is 10.4 Å². The molecule has 0 aliphatic heterocycles. The Labute approximate surface area is 133 Å². The van der Waals surface area contributed by atoms with Crippen LogP contribution in [0.2, 0.25) is 0 Å². The molecule has 0 aliphatic rings. The number of nitrogens with zero attached hydrogens (tertiary/aromatic N) is 1. The van der Waals surface area contributed by atoms with Gasteiger partial charge in [0, 0.05) is 16.5 Å². The lowest BCUT2D eigenvalue weighted by Crippen LogP contribution is -2.12. The van der Waals surface area contributed by atoms with E-state index in [1.165, 1.54) is 25.6 Å². The van der Waals surface area contributed by atoms with E-state index in [-0.39, 0.29) is 5.91 Å². The fourth-order valence-corrected chi connectivity index (χ4v) is 2.97. The van der Waals surface area contributed by atoms with Gasteiger partial charge in [-0.15, -0.1) is 11.3 Å². The molecule has 0 atom stereocenters. The van der Waals surface area contributed by atoms with E-state index < -0.39 is 0 Å². The van der Waals surface area contributed by atoms with Crippen LogP contribution in [-0.2, 0) is 0 Å². The molecule has 2 rings (SSSR count). The Bertz CT molecular complexity index is 737. The maximum absolute atomic E-state index is 12.4. The molecule has 1 heterocycles. The van der Waals surface area contributed by atoms with Crippen molar-refractivity contribution >= 4 is 22.2 Å². The number of carbonyl (C=O) groups excluding carboxylic acids is 1. The second-order valence-corrected chi connectivity index (χ2v) is 5.88. The van der Waals surface area contributed by atoms with E-state index in [0.29, 0.717) is 27.6 Å². The number of carbonyl (C=O) groups is 1. The first-order valence-corrected chi connectivity index (χ1v) is 7.36. The lowest BCUT2D eigenvalue weighted by molar-refractivity contribution is 0.102. The first-order valence-electron chi connectivity index (χ1n) is 6.54. The predicted octanol–water partition coefficient (Wildman–Crippen LogP) is 3.51. The zero-order valence-corrected chi connectivity index (χ0v) is 13.6. The molecule has 0 bridgehead atoms. The summed E-state index contributed by atoms with van der Waals surface area (Å²) in [7, 11) is 3.05. The third-order valence-electron chi connectivity index (χ3n) is 3.34. The van der Waals surface area contributed by atoms with Crippen LogP contribution in [0.15, 0.2) is 18.2 Å². The highest BCUT2D eigenvalue weighted by atomic mass is 32.1. The van der Waals surface area contributed by atoms with Gasteiger partial charge < -0.3 is 14.8 Å². The first kappa shape index (κ1) is 15.9. The van der Waals surface area contributed by atoms with Crippen LogP contribution >= 0.6 is 11.3 Å². The van der Waals surface area contributed by atoms with E-state index in [9.17, 15) is 10.1 Å². The summed E-state index contributed by atoms with van der Waals surface area (Å²) in [5, 5.41) is 12.6. The maximum atomic E-state index is 12.4. The number of anilines is 1. The van der Waals surface area contributed by atoms with Crippen molar-refractivity contribution in [1.82, 2.24) is 0 Å². The molecule has 5 nitrogen and oxygen atoms in total. The molecule has 0 spiro atoms. The minimum absolute atomic E-state index is 0.310. The molecule has 0 radical (unpaired) electrons. The second kappa shape index (κ2) is 6.50. The molecule has 0 fully saturated rings. The van der Waals surface area contributed by atoms with E-state index in [4.69, 9.17) is 9.47 Å². The summed E-state index contributed by atoms with van der Waals surface area (Å²) in [6.45, 7) is 3.79. The summed E-state index contributed by atoms with van der Waals surface area (Å²) in [6.07, 6.45) is 0. The topological polar surface area (TPSA) is 71.3 Å². The molecular formula is C16H16N2O3S. The Kier molecular flexibility index (Phi) is 4.68. The number of nitrogens with one attached hydrogen (secondary N) is 1. The van der Waals surface area contributed by atoms with Crippen molar-refractivity contribution in [3.63, 3.8) is 0 Å². The minimum Gasteiger partial charge on any atom is -0.497 e. The fourth-order valence-electron chi connectivity index (χ4n) is 1.96. The third-order valence-corrected chi connectivity index (χ3v) is 4.46. The molecule has 114 valence electrons. The zero-order chi connectivity index (χ0) is 16.3. The van der Waals surface area contributed by atoms with Gasteiger partial charge in [0.15, 0.2) is 0 Å². The van der Waals surface area contributed by atoms with Crippen molar-refractivity contribution in [2.45, 2.75) is 13.8 Å². The van der Waals surface area contributed by atoms with Crippen LogP contribution in [0, 0.1) is 25.2 Å². The molecule has 0 saturated carbocycles. The lowest BCUT2D eigenvalue weighted by atomic mass is 10.1. The normalized spacial score (nSPS) is 9.95. The quantitative estimate of drug-likeness (QED) is 0.937. The van der Waals surface area contributed by atoms with Crippen molar-refractivity contribution in [3.8, 4) is 17.6 Å². The Hall–Kier alpha value is -2.52. The summed E-state index contributed by atoms with van der Waals surface area (Å²) >= 11 is 1.39. The predicted molar refractivity (Wildman–Crippen MR) is 86.0 cm³/mol. The maximum Gasteiger partial charge on any atom is 0.256 e. The van der Waals surface area contributed by atoms with E-state index in [2.05, 4.69) is 11.4 Å². The van der Waals surface area contributed by atoms with Gasteiger partial charge in [-0.25, -0.2) is 0 Å². The number of nitriles is 1. The fraction of sp³-hybridized carbons (Fsp3) is 0.250. The van der Waals surface area contributed by atoms with Crippen LogP contribution in [0.4, 0.5) is 5.00 Å². The molecule has 0 unspecified atom stereocenters. The highest BCUT2D eigenvalue weighted by molar-refractivity contribution is 7.16. The zero-order valence-electron chi connectivity index (χ0n) is 12.8. The average molecular weight is 316 g/mol. The van der Waals surface area contributed by atoms with Crippen molar-refractivity contribution in [2.24, 2.45) is 0 Å². The number of benzene rings is 1. The monoisotopic (exact) mass is 316 g/mol. The number of aryl methyl sites for hydroxylation is 1. The molecule has 22 heavy (non-hydrogen) atoms. The van der Waals surface area contributed by atoms with E-state index >= 15 is 0 Å². The molecule has 1 aromatic heterocycles. The Balaban J connectivity index is 2.34. The van der Waals surface area contributed by atoms with Gasteiger partial charge in [-0.2, -0.15) is 5.26 Å². The molecule has 1 amide bonds. The average Bonchev–Trinajstić information content (AvgIpc) is 2.80. The van der Waals surface area contributed by atoms with Crippen molar-refractivity contribution in [2.75, 3.05) is 19.5 Å². The van der Waals surface area contributed by atoms with Gasteiger partial charge in [0.1, 0.15) is 22.6 Å². The highest BCUT2D eigenvalue weighted by Crippen LogP contribution is 2.32. The molecule has 6 heteroatoms. The summed E-state index contributed by atoms with van der Waals surface area (Å²) in [5.74, 6) is 0.752. The van der Waals surface area contributed by atoms with Gasteiger partial charge >= 0.3 is 0 Å².